The Hall–Kier alpha value is -0.610. The number of nitrogens with zero attached hydrogens (tertiary/aromatic N) is 1. The first-order chi connectivity index (χ1) is 5.56. The molecule has 0 bridgehead atoms. The molecule has 1 rings (SSSR count). The lowest BCUT2D eigenvalue weighted by atomic mass is 9.93. The van der Waals surface area contributed by atoms with Crippen LogP contribution in [0.1, 0.15) is 12.8 Å². The molecule has 1 aliphatic rings. The van der Waals surface area contributed by atoms with Gasteiger partial charge in [0.2, 0.25) is 0 Å². The van der Waals surface area contributed by atoms with Crippen molar-refractivity contribution in [2.45, 2.75) is 18.4 Å². The average molecular weight is 173 g/mol. The van der Waals surface area contributed by atoms with Crippen LogP contribution in [0.15, 0.2) is 0 Å². The van der Waals surface area contributed by atoms with Crippen molar-refractivity contribution in [1.29, 1.82) is 0 Å². The third-order valence-electron chi connectivity index (χ3n) is 2.12. The highest BCUT2D eigenvalue weighted by Gasteiger charge is 2.38. The Kier molecular flexibility index (Phi) is 2.69. The molecule has 0 saturated carbocycles. The third-order valence-corrected chi connectivity index (χ3v) is 2.12. The van der Waals surface area contributed by atoms with Crippen molar-refractivity contribution in [2.75, 3.05) is 27.3 Å². The summed E-state index contributed by atoms with van der Waals surface area (Å²) in [5, 5.41) is 9.84. The number of carbonyl (C=O) groups excluding carboxylic acids is 1. The Bertz CT molecular complexity index is 173. The highest BCUT2D eigenvalue weighted by atomic mass is 16.5. The number of likely N-dealkylation sites (N-methyl/N-ethyl adjacent to an activating group) is 1. The monoisotopic (exact) mass is 173 g/mol. The molecule has 70 valence electrons. The predicted octanol–water partition coefficient (Wildman–Crippen LogP) is -0.384. The Morgan fingerprint density at radius 3 is 2.33 bits per heavy atom. The van der Waals surface area contributed by atoms with E-state index in [9.17, 15) is 9.90 Å². The average Bonchev–Trinajstić information content (AvgIpc) is 2.04. The predicted molar refractivity (Wildman–Crippen MR) is 43.7 cm³/mol. The Balaban J connectivity index is 2.62. The van der Waals surface area contributed by atoms with Gasteiger partial charge in [-0.25, -0.2) is 0 Å². The van der Waals surface area contributed by atoms with E-state index in [1.165, 1.54) is 4.90 Å². The lowest BCUT2D eigenvalue weighted by Gasteiger charge is -2.32. The molecule has 4 nitrogen and oxygen atoms in total. The second-order valence-corrected chi connectivity index (χ2v) is 3.34. The second kappa shape index (κ2) is 3.41. The van der Waals surface area contributed by atoms with Gasteiger partial charge < -0.3 is 14.7 Å². The molecule has 0 atom stereocenters. The molecule has 0 unspecified atom stereocenters. The minimum absolute atomic E-state index is 0.217. The molecular formula is C8H15NO3. The molecule has 1 heterocycles. The number of hydrogen-bond acceptors (Lipinski definition) is 3. The lowest BCUT2D eigenvalue weighted by molar-refractivity contribution is -0.158. The third kappa shape index (κ3) is 1.76. The van der Waals surface area contributed by atoms with Crippen LogP contribution < -0.4 is 0 Å². The van der Waals surface area contributed by atoms with E-state index in [1.54, 1.807) is 14.1 Å². The SMILES string of the molecule is CN(C)C(=O)C1(O)CCOCC1. The number of rotatable bonds is 1. The molecule has 0 radical (unpaired) electrons. The van der Waals surface area contributed by atoms with Crippen molar-refractivity contribution in [3.8, 4) is 0 Å². The van der Waals surface area contributed by atoms with Crippen LogP contribution in [0.5, 0.6) is 0 Å². The van der Waals surface area contributed by atoms with Crippen LogP contribution in [0.4, 0.5) is 0 Å². The van der Waals surface area contributed by atoms with Crippen molar-refractivity contribution in [2.24, 2.45) is 0 Å². The maximum Gasteiger partial charge on any atom is 0.254 e. The fourth-order valence-corrected chi connectivity index (χ4v) is 1.34. The van der Waals surface area contributed by atoms with E-state index in [4.69, 9.17) is 4.74 Å². The minimum Gasteiger partial charge on any atom is -0.381 e. The van der Waals surface area contributed by atoms with Crippen LogP contribution in [0.2, 0.25) is 0 Å². The fraction of sp³-hybridized carbons (Fsp3) is 0.875. The number of carbonyl (C=O) groups is 1. The van der Waals surface area contributed by atoms with Crippen LogP contribution in [0.3, 0.4) is 0 Å². The van der Waals surface area contributed by atoms with Crippen LogP contribution in [-0.4, -0.2) is 48.8 Å². The van der Waals surface area contributed by atoms with Gasteiger partial charge in [-0.05, 0) is 0 Å². The van der Waals surface area contributed by atoms with Crippen LogP contribution >= 0.6 is 0 Å². The van der Waals surface area contributed by atoms with Gasteiger partial charge in [0.25, 0.3) is 5.91 Å². The largest absolute Gasteiger partial charge is 0.381 e. The van der Waals surface area contributed by atoms with Crippen molar-refractivity contribution < 1.29 is 14.6 Å². The van der Waals surface area contributed by atoms with Crippen molar-refractivity contribution in [1.82, 2.24) is 4.90 Å². The van der Waals surface area contributed by atoms with Gasteiger partial charge in [0, 0.05) is 40.2 Å². The molecule has 1 aliphatic heterocycles. The molecule has 1 saturated heterocycles. The maximum atomic E-state index is 11.4. The molecule has 1 N–H and O–H groups in total. The smallest absolute Gasteiger partial charge is 0.254 e. The molecule has 12 heavy (non-hydrogen) atoms. The molecule has 1 fully saturated rings. The van der Waals surface area contributed by atoms with Gasteiger partial charge in [-0.15, -0.1) is 0 Å². The summed E-state index contributed by atoms with van der Waals surface area (Å²) in [4.78, 5) is 12.9. The first kappa shape index (κ1) is 9.48. The van der Waals surface area contributed by atoms with Gasteiger partial charge in [-0.1, -0.05) is 0 Å². The maximum absolute atomic E-state index is 11.4. The molecule has 0 aromatic rings. The van der Waals surface area contributed by atoms with Gasteiger partial charge in [0.15, 0.2) is 0 Å². The molecule has 0 aliphatic carbocycles. The Morgan fingerprint density at radius 1 is 1.42 bits per heavy atom. The number of ether oxygens (including phenoxy) is 1. The summed E-state index contributed by atoms with van der Waals surface area (Å²) in [5.74, 6) is -0.217. The molecular weight excluding hydrogens is 158 g/mol. The van der Waals surface area contributed by atoms with E-state index in [2.05, 4.69) is 0 Å². The van der Waals surface area contributed by atoms with E-state index < -0.39 is 5.60 Å². The molecule has 1 amide bonds. The highest BCUT2D eigenvalue weighted by molar-refractivity contribution is 5.84. The van der Waals surface area contributed by atoms with Gasteiger partial charge in [0.05, 0.1) is 0 Å². The van der Waals surface area contributed by atoms with E-state index >= 15 is 0 Å². The summed E-state index contributed by atoms with van der Waals surface area (Å²) in [6, 6.07) is 0. The van der Waals surface area contributed by atoms with Gasteiger partial charge >= 0.3 is 0 Å². The molecule has 4 heteroatoms. The first-order valence-corrected chi connectivity index (χ1v) is 4.08. The van der Waals surface area contributed by atoms with Crippen molar-refractivity contribution in [3.63, 3.8) is 0 Å². The highest BCUT2D eigenvalue weighted by Crippen LogP contribution is 2.21. The van der Waals surface area contributed by atoms with Gasteiger partial charge in [-0.2, -0.15) is 0 Å². The van der Waals surface area contributed by atoms with Crippen molar-refractivity contribution in [3.05, 3.63) is 0 Å². The Morgan fingerprint density at radius 2 is 1.92 bits per heavy atom. The minimum atomic E-state index is -1.18. The zero-order valence-electron chi connectivity index (χ0n) is 7.54. The van der Waals surface area contributed by atoms with Gasteiger partial charge in [-0.3, -0.25) is 4.79 Å². The topological polar surface area (TPSA) is 49.8 Å². The van der Waals surface area contributed by atoms with Crippen LogP contribution in [-0.2, 0) is 9.53 Å². The molecule has 0 aromatic heterocycles. The summed E-state index contributed by atoms with van der Waals surface area (Å²) in [5.41, 5.74) is -1.18. The lowest BCUT2D eigenvalue weighted by Crippen LogP contribution is -2.49. The molecule has 0 spiro atoms. The summed E-state index contributed by atoms with van der Waals surface area (Å²) < 4.78 is 5.06. The summed E-state index contributed by atoms with van der Waals surface area (Å²) in [6.07, 6.45) is 0.814. The number of hydrogen-bond donors (Lipinski definition) is 1. The summed E-state index contributed by atoms with van der Waals surface area (Å²) in [6.45, 7) is 0.937. The zero-order chi connectivity index (χ0) is 9.19. The van der Waals surface area contributed by atoms with Gasteiger partial charge in [0.1, 0.15) is 5.60 Å². The normalized spacial score (nSPS) is 21.9. The van der Waals surface area contributed by atoms with Crippen LogP contribution in [0, 0.1) is 0 Å². The zero-order valence-corrected chi connectivity index (χ0v) is 7.54. The van der Waals surface area contributed by atoms with E-state index in [0.29, 0.717) is 26.1 Å². The number of amides is 1. The van der Waals surface area contributed by atoms with Crippen molar-refractivity contribution >= 4 is 5.91 Å². The summed E-state index contributed by atoms with van der Waals surface area (Å²) in [7, 11) is 3.30. The second-order valence-electron chi connectivity index (χ2n) is 3.34. The van der Waals surface area contributed by atoms with E-state index in [-0.39, 0.29) is 5.91 Å². The van der Waals surface area contributed by atoms with E-state index in [0.717, 1.165) is 0 Å². The quantitative estimate of drug-likeness (QED) is 0.588. The fourth-order valence-electron chi connectivity index (χ4n) is 1.34. The molecule has 0 aromatic carbocycles. The number of aliphatic hydroxyl groups is 1. The van der Waals surface area contributed by atoms with E-state index in [1.807, 2.05) is 0 Å². The first-order valence-electron chi connectivity index (χ1n) is 4.08. The standard InChI is InChI=1S/C8H15NO3/c1-9(2)7(10)8(11)3-5-12-6-4-8/h11H,3-6H2,1-2H3. The Labute approximate surface area is 72.1 Å². The summed E-state index contributed by atoms with van der Waals surface area (Å²) >= 11 is 0. The van der Waals surface area contributed by atoms with Crippen LogP contribution in [0.25, 0.3) is 0 Å².